The van der Waals surface area contributed by atoms with Gasteiger partial charge in [0.05, 0.1) is 24.5 Å². The van der Waals surface area contributed by atoms with E-state index in [1.165, 1.54) is 0 Å². The van der Waals surface area contributed by atoms with E-state index in [1.807, 2.05) is 91.0 Å². The number of aliphatic hydroxyl groups is 1. The molecule has 0 saturated heterocycles. The maximum absolute atomic E-state index is 13.6. The second kappa shape index (κ2) is 18.1. The predicted octanol–water partition coefficient (Wildman–Crippen LogP) is 5.43. The number of ether oxygens (including phenoxy) is 1. The van der Waals surface area contributed by atoms with Crippen molar-refractivity contribution < 1.29 is 24.2 Å². The number of nitrogens with one attached hydrogen (secondary N) is 1. The van der Waals surface area contributed by atoms with Crippen LogP contribution in [0, 0.1) is 11.8 Å². The van der Waals surface area contributed by atoms with Crippen molar-refractivity contribution in [1.82, 2.24) is 10.2 Å². The van der Waals surface area contributed by atoms with Crippen molar-refractivity contribution in [3.8, 4) is 0 Å². The molecule has 0 saturated carbocycles. The molecule has 0 aliphatic rings. The van der Waals surface area contributed by atoms with Gasteiger partial charge in [-0.1, -0.05) is 103 Å². The Labute approximate surface area is 254 Å². The molecule has 43 heavy (non-hydrogen) atoms. The summed E-state index contributed by atoms with van der Waals surface area (Å²) in [7, 11) is 0. The Morgan fingerprint density at radius 3 is 1.95 bits per heavy atom. The standard InChI is InChI=1S/C36H42N2O5/c1-3-14-31(25-34(40)38(22-23-39)26-29-18-10-6-11-19-29)35(41)37-33(30-20-12-7-13-21-30)27-43-36(42)32(15-4-2)24-28-16-8-5-9-17-28/h3-13,16-21,31-33,39H,1-2,14-15,22-27H2,(H,37,41)/t31-,32+,33+/m1/s1. The van der Waals surface area contributed by atoms with Crippen LogP contribution in [0.25, 0.3) is 0 Å². The Morgan fingerprint density at radius 1 is 0.814 bits per heavy atom. The fraction of sp³-hybridized carbons (Fsp3) is 0.306. The van der Waals surface area contributed by atoms with Gasteiger partial charge in [-0.05, 0) is 36.0 Å². The zero-order valence-corrected chi connectivity index (χ0v) is 24.6. The van der Waals surface area contributed by atoms with Crippen molar-refractivity contribution in [2.45, 2.75) is 38.3 Å². The number of rotatable bonds is 18. The van der Waals surface area contributed by atoms with Crippen LogP contribution in [-0.2, 0) is 32.1 Å². The van der Waals surface area contributed by atoms with Gasteiger partial charge >= 0.3 is 5.97 Å². The molecule has 3 rings (SSSR count). The smallest absolute Gasteiger partial charge is 0.309 e. The van der Waals surface area contributed by atoms with Gasteiger partial charge in [-0.2, -0.15) is 0 Å². The van der Waals surface area contributed by atoms with Gasteiger partial charge in [-0.15, -0.1) is 13.2 Å². The fourth-order valence-corrected chi connectivity index (χ4v) is 4.88. The molecule has 7 heteroatoms. The van der Waals surface area contributed by atoms with Crippen molar-refractivity contribution in [3.63, 3.8) is 0 Å². The van der Waals surface area contributed by atoms with Crippen molar-refractivity contribution in [2.75, 3.05) is 19.8 Å². The summed E-state index contributed by atoms with van der Waals surface area (Å²) in [4.78, 5) is 41.6. The number of amides is 2. The summed E-state index contributed by atoms with van der Waals surface area (Å²) < 4.78 is 5.78. The lowest BCUT2D eigenvalue weighted by Crippen LogP contribution is -2.40. The van der Waals surface area contributed by atoms with Crippen molar-refractivity contribution >= 4 is 17.8 Å². The summed E-state index contributed by atoms with van der Waals surface area (Å²) in [5.74, 6) is -2.03. The van der Waals surface area contributed by atoms with E-state index in [1.54, 1.807) is 17.1 Å². The number of hydrogen-bond acceptors (Lipinski definition) is 5. The molecule has 3 aromatic rings. The van der Waals surface area contributed by atoms with Crippen LogP contribution in [0.5, 0.6) is 0 Å². The average Bonchev–Trinajstić information content (AvgIpc) is 3.03. The lowest BCUT2D eigenvalue weighted by atomic mass is 9.96. The van der Waals surface area contributed by atoms with Crippen molar-refractivity contribution in [3.05, 3.63) is 133 Å². The van der Waals surface area contributed by atoms with Crippen LogP contribution in [0.3, 0.4) is 0 Å². The van der Waals surface area contributed by atoms with Crippen LogP contribution in [0.4, 0.5) is 0 Å². The molecule has 0 aliphatic heterocycles. The molecule has 3 aromatic carbocycles. The van der Waals surface area contributed by atoms with Gasteiger partial charge in [0.1, 0.15) is 6.61 Å². The minimum atomic E-state index is -0.685. The molecular weight excluding hydrogens is 540 g/mol. The van der Waals surface area contributed by atoms with E-state index in [0.717, 1.165) is 16.7 Å². The molecular formula is C36H42N2O5. The van der Waals surface area contributed by atoms with E-state index in [9.17, 15) is 19.5 Å². The Bertz CT molecular complexity index is 1300. The second-order valence-electron chi connectivity index (χ2n) is 10.5. The molecule has 226 valence electrons. The van der Waals surface area contributed by atoms with Crippen LogP contribution >= 0.6 is 0 Å². The van der Waals surface area contributed by atoms with E-state index >= 15 is 0 Å². The molecule has 0 heterocycles. The summed E-state index contributed by atoms with van der Waals surface area (Å²) in [6.45, 7) is 7.83. The SMILES string of the molecule is C=CC[C@H](CC(=O)N(CCO)Cc1ccccc1)C(=O)N[C@@H](COC(=O)[C@@H](CC=C)Cc1ccccc1)c1ccccc1. The number of carbonyl (C=O) groups is 3. The molecule has 0 radical (unpaired) electrons. The summed E-state index contributed by atoms with van der Waals surface area (Å²) in [6, 6.07) is 27.9. The lowest BCUT2D eigenvalue weighted by Gasteiger charge is -2.26. The van der Waals surface area contributed by atoms with Crippen LogP contribution in [0.1, 0.15) is 42.0 Å². The maximum atomic E-state index is 13.6. The third kappa shape index (κ3) is 11.0. The van der Waals surface area contributed by atoms with E-state index in [4.69, 9.17) is 4.74 Å². The normalized spacial score (nSPS) is 12.8. The average molecular weight is 583 g/mol. The first-order chi connectivity index (χ1) is 20.9. The largest absolute Gasteiger partial charge is 0.463 e. The van der Waals surface area contributed by atoms with Gasteiger partial charge in [0, 0.05) is 19.5 Å². The number of hydrogen-bond donors (Lipinski definition) is 2. The van der Waals surface area contributed by atoms with Gasteiger partial charge in [0.2, 0.25) is 11.8 Å². The highest BCUT2D eigenvalue weighted by atomic mass is 16.5. The van der Waals surface area contributed by atoms with Gasteiger partial charge in [0.15, 0.2) is 0 Å². The Kier molecular flexibility index (Phi) is 13.9. The van der Waals surface area contributed by atoms with Gasteiger partial charge in [-0.3, -0.25) is 14.4 Å². The molecule has 2 amide bonds. The second-order valence-corrected chi connectivity index (χ2v) is 10.5. The predicted molar refractivity (Wildman–Crippen MR) is 169 cm³/mol. The number of aliphatic hydroxyl groups excluding tert-OH is 1. The molecule has 3 atom stereocenters. The Hall–Kier alpha value is -4.49. The molecule has 0 spiro atoms. The van der Waals surface area contributed by atoms with E-state index in [-0.39, 0.29) is 50.4 Å². The zero-order chi connectivity index (χ0) is 30.9. The van der Waals surface area contributed by atoms with Gasteiger partial charge in [0.25, 0.3) is 0 Å². The van der Waals surface area contributed by atoms with Crippen LogP contribution < -0.4 is 5.32 Å². The summed E-state index contributed by atoms with van der Waals surface area (Å²) in [5, 5.41) is 12.6. The molecule has 7 nitrogen and oxygen atoms in total. The first kappa shape index (κ1) is 33.0. The monoisotopic (exact) mass is 582 g/mol. The topological polar surface area (TPSA) is 95.9 Å². The highest BCUT2D eigenvalue weighted by Crippen LogP contribution is 2.21. The van der Waals surface area contributed by atoms with E-state index < -0.39 is 17.9 Å². The highest BCUT2D eigenvalue weighted by Gasteiger charge is 2.28. The lowest BCUT2D eigenvalue weighted by molar-refractivity contribution is -0.150. The number of allylic oxidation sites excluding steroid dienone is 2. The van der Waals surface area contributed by atoms with E-state index in [0.29, 0.717) is 19.4 Å². The third-order valence-electron chi connectivity index (χ3n) is 7.20. The number of benzene rings is 3. The maximum Gasteiger partial charge on any atom is 0.309 e. The molecule has 0 bridgehead atoms. The summed E-state index contributed by atoms with van der Waals surface area (Å²) >= 11 is 0. The Morgan fingerprint density at radius 2 is 1.37 bits per heavy atom. The first-order valence-electron chi connectivity index (χ1n) is 14.6. The van der Waals surface area contributed by atoms with Crippen molar-refractivity contribution in [2.24, 2.45) is 11.8 Å². The van der Waals surface area contributed by atoms with Crippen molar-refractivity contribution in [1.29, 1.82) is 0 Å². The van der Waals surface area contributed by atoms with Gasteiger partial charge in [-0.25, -0.2) is 0 Å². The number of carbonyl (C=O) groups excluding carboxylic acids is 3. The van der Waals surface area contributed by atoms with Crippen LogP contribution in [0.15, 0.2) is 116 Å². The quantitative estimate of drug-likeness (QED) is 0.154. The number of nitrogens with zero attached hydrogens (tertiary/aromatic N) is 1. The van der Waals surface area contributed by atoms with Gasteiger partial charge < -0.3 is 20.1 Å². The zero-order valence-electron chi connectivity index (χ0n) is 24.6. The highest BCUT2D eigenvalue weighted by molar-refractivity contribution is 5.86. The molecule has 0 aromatic heterocycles. The van der Waals surface area contributed by atoms with Crippen LogP contribution in [0.2, 0.25) is 0 Å². The molecule has 2 N–H and O–H groups in total. The number of esters is 1. The fourth-order valence-electron chi connectivity index (χ4n) is 4.88. The van der Waals surface area contributed by atoms with Crippen LogP contribution in [-0.4, -0.2) is 47.5 Å². The molecule has 0 unspecified atom stereocenters. The molecule has 0 fully saturated rings. The summed E-state index contributed by atoms with van der Waals surface area (Å²) in [5.41, 5.74) is 2.74. The summed E-state index contributed by atoms with van der Waals surface area (Å²) in [6.07, 6.45) is 4.55. The van der Waals surface area contributed by atoms with E-state index in [2.05, 4.69) is 18.5 Å². The minimum absolute atomic E-state index is 0.0511. The Balaban J connectivity index is 1.71. The molecule has 0 aliphatic carbocycles. The minimum Gasteiger partial charge on any atom is -0.463 e. The first-order valence-corrected chi connectivity index (χ1v) is 14.6. The third-order valence-corrected chi connectivity index (χ3v) is 7.20.